The summed E-state index contributed by atoms with van der Waals surface area (Å²) in [7, 11) is 0. The summed E-state index contributed by atoms with van der Waals surface area (Å²) in [5.41, 5.74) is 10.9. The fraction of sp³-hybridized carbons (Fsp3) is 0.556. The lowest BCUT2D eigenvalue weighted by molar-refractivity contribution is 0.295. The van der Waals surface area contributed by atoms with Gasteiger partial charge in [0, 0.05) is 11.9 Å². The zero-order valence-corrected chi connectivity index (χ0v) is 9.20. The van der Waals surface area contributed by atoms with Crippen LogP contribution >= 0.6 is 11.6 Å². The Morgan fingerprint density at radius 1 is 1.20 bits per heavy atom. The van der Waals surface area contributed by atoms with E-state index in [-0.39, 0.29) is 5.95 Å². The number of unbranched alkanes of at least 4 members (excludes halogenated alkanes) is 2. The lowest BCUT2D eigenvalue weighted by Crippen LogP contribution is -2.04. The molecule has 0 aliphatic heterocycles. The fourth-order valence-electron chi connectivity index (χ4n) is 1.09. The van der Waals surface area contributed by atoms with Gasteiger partial charge in [0.15, 0.2) is 0 Å². The van der Waals surface area contributed by atoms with Crippen LogP contribution < -0.4 is 16.2 Å². The molecule has 0 aromatic carbocycles. The second-order valence-corrected chi connectivity index (χ2v) is 3.47. The summed E-state index contributed by atoms with van der Waals surface area (Å²) in [5, 5.41) is 0. The van der Waals surface area contributed by atoms with Crippen LogP contribution in [0.2, 0.25) is 0 Å². The number of nitrogens with two attached hydrogens (primary N) is 2. The highest BCUT2D eigenvalue weighted by molar-refractivity contribution is 6.17. The zero-order valence-electron chi connectivity index (χ0n) is 8.45. The van der Waals surface area contributed by atoms with Gasteiger partial charge in [0.25, 0.3) is 0 Å². The molecule has 0 saturated carbocycles. The van der Waals surface area contributed by atoms with Crippen molar-refractivity contribution in [2.24, 2.45) is 0 Å². The first-order chi connectivity index (χ1) is 7.22. The lowest BCUT2D eigenvalue weighted by Gasteiger charge is -2.05. The van der Waals surface area contributed by atoms with Crippen LogP contribution in [0.3, 0.4) is 0 Å². The molecule has 84 valence electrons. The van der Waals surface area contributed by atoms with Crippen molar-refractivity contribution in [3.8, 4) is 5.88 Å². The molecular formula is C9H15ClN4O. The number of aromatic nitrogens is 2. The van der Waals surface area contributed by atoms with Crippen LogP contribution in [0.25, 0.3) is 0 Å². The number of halogens is 1. The maximum Gasteiger partial charge on any atom is 0.225 e. The fourth-order valence-corrected chi connectivity index (χ4v) is 1.27. The van der Waals surface area contributed by atoms with Crippen molar-refractivity contribution in [2.45, 2.75) is 19.3 Å². The normalized spacial score (nSPS) is 10.2. The Kier molecular flexibility index (Phi) is 4.97. The minimum Gasteiger partial charge on any atom is -0.477 e. The molecule has 1 rings (SSSR count). The van der Waals surface area contributed by atoms with Gasteiger partial charge in [-0.1, -0.05) is 0 Å². The largest absolute Gasteiger partial charge is 0.477 e. The van der Waals surface area contributed by atoms with Crippen molar-refractivity contribution in [1.29, 1.82) is 0 Å². The van der Waals surface area contributed by atoms with Crippen LogP contribution in [0.5, 0.6) is 5.88 Å². The average molecular weight is 231 g/mol. The topological polar surface area (TPSA) is 87.0 Å². The van der Waals surface area contributed by atoms with E-state index in [0.717, 1.165) is 19.3 Å². The van der Waals surface area contributed by atoms with Crippen LogP contribution in [0, 0.1) is 0 Å². The van der Waals surface area contributed by atoms with Gasteiger partial charge in [-0.25, -0.2) is 0 Å². The smallest absolute Gasteiger partial charge is 0.225 e. The molecule has 1 aromatic rings. The number of anilines is 2. The highest BCUT2D eigenvalue weighted by Gasteiger charge is 2.00. The van der Waals surface area contributed by atoms with Gasteiger partial charge in [0.05, 0.1) is 6.61 Å². The molecule has 0 spiro atoms. The van der Waals surface area contributed by atoms with Gasteiger partial charge in [-0.3, -0.25) is 0 Å². The van der Waals surface area contributed by atoms with E-state index in [1.54, 1.807) is 6.07 Å². The third-order valence-corrected chi connectivity index (χ3v) is 2.03. The third-order valence-electron chi connectivity index (χ3n) is 1.77. The van der Waals surface area contributed by atoms with Crippen LogP contribution in [0.15, 0.2) is 6.07 Å². The quantitative estimate of drug-likeness (QED) is 0.570. The summed E-state index contributed by atoms with van der Waals surface area (Å²) in [6.45, 7) is 0.590. The Bertz CT molecular complexity index is 288. The van der Waals surface area contributed by atoms with Crippen LogP contribution in [0.4, 0.5) is 11.8 Å². The Labute approximate surface area is 93.8 Å². The molecule has 0 radical (unpaired) electrons. The predicted octanol–water partition coefficient (Wildman–Crippen LogP) is 1.43. The molecule has 1 heterocycles. The van der Waals surface area contributed by atoms with Crippen molar-refractivity contribution in [3.05, 3.63) is 6.07 Å². The van der Waals surface area contributed by atoms with E-state index in [4.69, 9.17) is 27.8 Å². The molecule has 0 fully saturated rings. The molecule has 0 aliphatic rings. The van der Waals surface area contributed by atoms with E-state index in [9.17, 15) is 0 Å². The average Bonchev–Trinajstić information content (AvgIpc) is 2.16. The highest BCUT2D eigenvalue weighted by Crippen LogP contribution is 2.12. The van der Waals surface area contributed by atoms with E-state index >= 15 is 0 Å². The number of rotatable bonds is 6. The molecule has 15 heavy (non-hydrogen) atoms. The number of hydrogen-bond donors (Lipinski definition) is 2. The minimum absolute atomic E-state index is 0.130. The second-order valence-electron chi connectivity index (χ2n) is 3.09. The molecule has 0 atom stereocenters. The van der Waals surface area contributed by atoms with Crippen molar-refractivity contribution in [2.75, 3.05) is 24.0 Å². The minimum atomic E-state index is 0.130. The molecule has 4 N–H and O–H groups in total. The van der Waals surface area contributed by atoms with Gasteiger partial charge in [-0.2, -0.15) is 9.97 Å². The summed E-state index contributed by atoms with van der Waals surface area (Å²) < 4.78 is 5.36. The number of nitrogens with zero attached hydrogens (tertiary/aromatic N) is 2. The van der Waals surface area contributed by atoms with Gasteiger partial charge >= 0.3 is 0 Å². The molecule has 0 amide bonds. The Balaban J connectivity index is 2.31. The predicted molar refractivity (Wildman–Crippen MR) is 60.9 cm³/mol. The van der Waals surface area contributed by atoms with Crippen molar-refractivity contribution in [1.82, 2.24) is 9.97 Å². The number of alkyl halides is 1. The summed E-state index contributed by atoms with van der Waals surface area (Å²) in [6.07, 6.45) is 2.98. The number of ether oxygens (including phenoxy) is 1. The molecule has 5 nitrogen and oxygen atoms in total. The molecular weight excluding hydrogens is 216 g/mol. The van der Waals surface area contributed by atoms with Crippen molar-refractivity contribution in [3.63, 3.8) is 0 Å². The Morgan fingerprint density at radius 3 is 2.67 bits per heavy atom. The first-order valence-electron chi connectivity index (χ1n) is 4.81. The summed E-state index contributed by atoms with van der Waals surface area (Å²) in [5.74, 6) is 1.56. The van der Waals surface area contributed by atoms with Gasteiger partial charge in [-0.05, 0) is 19.3 Å². The monoisotopic (exact) mass is 230 g/mol. The maximum absolute atomic E-state index is 5.54. The second kappa shape index (κ2) is 6.29. The molecule has 0 saturated heterocycles. The summed E-state index contributed by atoms with van der Waals surface area (Å²) in [6, 6.07) is 1.55. The van der Waals surface area contributed by atoms with Gasteiger partial charge in [-0.15, -0.1) is 11.6 Å². The standard InChI is InChI=1S/C9H15ClN4O/c10-4-2-1-3-5-15-8-6-7(11)13-9(12)14-8/h6H,1-5H2,(H4,11,12,13,14). The number of nitrogen functional groups attached to an aromatic ring is 2. The zero-order chi connectivity index (χ0) is 11.1. The summed E-state index contributed by atoms with van der Waals surface area (Å²) in [4.78, 5) is 7.63. The Morgan fingerprint density at radius 2 is 2.00 bits per heavy atom. The summed E-state index contributed by atoms with van der Waals surface area (Å²) >= 11 is 5.54. The van der Waals surface area contributed by atoms with Crippen LogP contribution in [0.1, 0.15) is 19.3 Å². The van der Waals surface area contributed by atoms with Gasteiger partial charge in [0.2, 0.25) is 11.8 Å². The molecule has 0 unspecified atom stereocenters. The van der Waals surface area contributed by atoms with Crippen molar-refractivity contribution >= 4 is 23.4 Å². The number of hydrogen-bond acceptors (Lipinski definition) is 5. The van der Waals surface area contributed by atoms with E-state index in [0.29, 0.717) is 24.2 Å². The molecule has 6 heteroatoms. The maximum atomic E-state index is 5.54. The van der Waals surface area contributed by atoms with Gasteiger partial charge < -0.3 is 16.2 Å². The molecule has 0 aliphatic carbocycles. The van der Waals surface area contributed by atoms with Crippen molar-refractivity contribution < 1.29 is 4.74 Å². The van der Waals surface area contributed by atoms with E-state index in [1.807, 2.05) is 0 Å². The van der Waals surface area contributed by atoms with Crippen LogP contribution in [-0.2, 0) is 0 Å². The first-order valence-corrected chi connectivity index (χ1v) is 5.34. The van der Waals surface area contributed by atoms with E-state index in [1.165, 1.54) is 0 Å². The third kappa shape index (κ3) is 4.69. The molecule has 1 aromatic heterocycles. The Hall–Kier alpha value is -1.23. The van der Waals surface area contributed by atoms with E-state index in [2.05, 4.69) is 9.97 Å². The van der Waals surface area contributed by atoms with Gasteiger partial charge in [0.1, 0.15) is 5.82 Å². The van der Waals surface area contributed by atoms with E-state index < -0.39 is 0 Å². The molecule has 0 bridgehead atoms. The lowest BCUT2D eigenvalue weighted by atomic mass is 10.3. The highest BCUT2D eigenvalue weighted by atomic mass is 35.5. The SMILES string of the molecule is Nc1cc(OCCCCCCl)nc(N)n1. The first kappa shape index (κ1) is 11.8. The van der Waals surface area contributed by atoms with Crippen LogP contribution in [-0.4, -0.2) is 22.5 Å².